The molecular weight excluding hydrogens is 320 g/mol. The molecule has 0 unspecified atom stereocenters. The third kappa shape index (κ3) is 4.45. The van der Waals surface area contributed by atoms with Crippen molar-refractivity contribution >= 4 is 23.3 Å². The van der Waals surface area contributed by atoms with Gasteiger partial charge in [0.25, 0.3) is 0 Å². The lowest BCUT2D eigenvalue weighted by Gasteiger charge is -2.07. The average Bonchev–Trinajstić information content (AvgIpc) is 2.51. The van der Waals surface area contributed by atoms with Crippen molar-refractivity contribution in [3.05, 3.63) is 65.2 Å². The smallest absolute Gasteiger partial charge is 0.338 e. The van der Waals surface area contributed by atoms with Crippen LogP contribution in [0.2, 0.25) is 0 Å². The minimum atomic E-state index is -0.891. The van der Waals surface area contributed by atoms with Crippen LogP contribution >= 0.6 is 0 Å². The first kappa shape index (κ1) is 17.3. The fourth-order valence-corrected chi connectivity index (χ4v) is 1.93. The molecule has 5 nitrogen and oxygen atoms in total. The number of hydrogen-bond donors (Lipinski definition) is 1. The van der Waals surface area contributed by atoms with Crippen molar-refractivity contribution in [2.45, 2.75) is 6.92 Å². The number of hydrogen-bond acceptors (Lipinski definition) is 4. The van der Waals surface area contributed by atoms with Gasteiger partial charge in [-0.25, -0.2) is 13.6 Å². The first-order valence-corrected chi connectivity index (χ1v) is 6.90. The summed E-state index contributed by atoms with van der Waals surface area (Å²) in [5.41, 5.74) is -0.131. The molecule has 2 aromatic rings. The van der Waals surface area contributed by atoms with Gasteiger partial charge in [0.2, 0.25) is 11.7 Å². The number of carbonyl (C=O) groups is 3. The van der Waals surface area contributed by atoms with E-state index in [9.17, 15) is 23.2 Å². The molecule has 0 aliphatic rings. The molecule has 0 heterocycles. The normalized spacial score (nSPS) is 10.1. The summed E-state index contributed by atoms with van der Waals surface area (Å²) in [5, 5.41) is 2.38. The molecule has 2 rings (SSSR count). The maximum Gasteiger partial charge on any atom is 0.338 e. The number of carbonyl (C=O) groups excluding carboxylic acids is 3. The van der Waals surface area contributed by atoms with E-state index in [0.717, 1.165) is 18.2 Å². The fraction of sp³-hybridized carbons (Fsp3) is 0.118. The zero-order valence-electron chi connectivity index (χ0n) is 12.6. The summed E-state index contributed by atoms with van der Waals surface area (Å²) < 4.78 is 31.7. The molecule has 0 saturated heterocycles. The van der Waals surface area contributed by atoms with E-state index in [0.29, 0.717) is 0 Å². The number of ketones is 1. The molecule has 0 atom stereocenters. The Balaban J connectivity index is 2.02. The number of benzene rings is 2. The molecule has 0 radical (unpaired) electrons. The number of halogens is 2. The van der Waals surface area contributed by atoms with Crippen molar-refractivity contribution in [1.82, 2.24) is 0 Å². The number of amides is 1. The predicted octanol–water partition coefficient (Wildman–Crippen LogP) is 2.96. The van der Waals surface area contributed by atoms with Gasteiger partial charge >= 0.3 is 5.97 Å². The van der Waals surface area contributed by atoms with Crippen LogP contribution in [0.25, 0.3) is 0 Å². The minimum Gasteiger partial charge on any atom is -0.454 e. The minimum absolute atomic E-state index is 0.0516. The topological polar surface area (TPSA) is 72.5 Å². The Bertz CT molecular complexity index is 805. The highest BCUT2D eigenvalue weighted by Gasteiger charge is 2.16. The summed E-state index contributed by atoms with van der Waals surface area (Å²) in [6, 6.07) is 8.31. The second-order valence-electron chi connectivity index (χ2n) is 4.89. The van der Waals surface area contributed by atoms with Crippen LogP contribution < -0.4 is 5.32 Å². The van der Waals surface area contributed by atoms with Gasteiger partial charge < -0.3 is 10.1 Å². The van der Waals surface area contributed by atoms with Gasteiger partial charge in [0.15, 0.2) is 6.61 Å². The third-order valence-corrected chi connectivity index (χ3v) is 2.98. The highest BCUT2D eigenvalue weighted by atomic mass is 19.1. The third-order valence-electron chi connectivity index (χ3n) is 2.98. The van der Waals surface area contributed by atoms with E-state index in [4.69, 9.17) is 4.74 Å². The summed E-state index contributed by atoms with van der Waals surface area (Å²) in [4.78, 5) is 34.5. The average molecular weight is 333 g/mol. The molecule has 0 spiro atoms. The maximum absolute atomic E-state index is 13.9. The van der Waals surface area contributed by atoms with E-state index < -0.39 is 30.0 Å². The first-order valence-electron chi connectivity index (χ1n) is 6.90. The van der Waals surface area contributed by atoms with E-state index in [1.165, 1.54) is 31.2 Å². The second kappa shape index (κ2) is 7.45. The standard InChI is InChI=1S/C17H13F2NO4/c1-10(21)20-13-5-6-14(15(19)8-13)16(22)9-24-17(23)11-3-2-4-12(18)7-11/h2-8H,9H2,1H3,(H,20,21). The van der Waals surface area contributed by atoms with Crippen molar-refractivity contribution < 1.29 is 27.9 Å². The largest absolute Gasteiger partial charge is 0.454 e. The molecule has 124 valence electrons. The summed E-state index contributed by atoms with van der Waals surface area (Å²) in [6.07, 6.45) is 0. The van der Waals surface area contributed by atoms with Crippen molar-refractivity contribution in [2.75, 3.05) is 11.9 Å². The zero-order chi connectivity index (χ0) is 17.7. The van der Waals surface area contributed by atoms with Crippen LogP contribution in [0.3, 0.4) is 0 Å². The molecule has 0 saturated carbocycles. The van der Waals surface area contributed by atoms with Gasteiger partial charge in [-0.1, -0.05) is 6.07 Å². The van der Waals surface area contributed by atoms with Crippen LogP contribution in [0.5, 0.6) is 0 Å². The molecule has 1 amide bonds. The Kier molecular flexibility index (Phi) is 5.36. The highest BCUT2D eigenvalue weighted by Crippen LogP contribution is 2.15. The Morgan fingerprint density at radius 3 is 2.46 bits per heavy atom. The van der Waals surface area contributed by atoms with Crippen molar-refractivity contribution in [1.29, 1.82) is 0 Å². The number of rotatable bonds is 5. The Hall–Kier alpha value is -3.09. The van der Waals surface area contributed by atoms with Crippen LogP contribution in [-0.2, 0) is 9.53 Å². The quantitative estimate of drug-likeness (QED) is 0.674. The molecule has 2 aromatic carbocycles. The lowest BCUT2D eigenvalue weighted by molar-refractivity contribution is -0.114. The van der Waals surface area contributed by atoms with Gasteiger partial charge in [0.05, 0.1) is 11.1 Å². The maximum atomic E-state index is 13.9. The number of ether oxygens (including phenoxy) is 1. The van der Waals surface area contributed by atoms with Gasteiger partial charge in [-0.05, 0) is 36.4 Å². The molecule has 0 fully saturated rings. The number of nitrogens with one attached hydrogen (secondary N) is 1. The monoisotopic (exact) mass is 333 g/mol. The Morgan fingerprint density at radius 1 is 1.08 bits per heavy atom. The van der Waals surface area contributed by atoms with Crippen LogP contribution in [-0.4, -0.2) is 24.3 Å². The van der Waals surface area contributed by atoms with Crippen LogP contribution in [0.1, 0.15) is 27.6 Å². The fourth-order valence-electron chi connectivity index (χ4n) is 1.93. The van der Waals surface area contributed by atoms with E-state index in [1.807, 2.05) is 0 Å². The molecule has 24 heavy (non-hydrogen) atoms. The molecule has 1 N–H and O–H groups in total. The van der Waals surface area contributed by atoms with Crippen molar-refractivity contribution in [3.8, 4) is 0 Å². The van der Waals surface area contributed by atoms with Gasteiger partial charge in [-0.3, -0.25) is 9.59 Å². The number of Topliss-reactive ketones (excluding diaryl/α,β-unsaturated/α-hetero) is 1. The van der Waals surface area contributed by atoms with Crippen molar-refractivity contribution in [2.24, 2.45) is 0 Å². The predicted molar refractivity (Wildman–Crippen MR) is 81.7 cm³/mol. The molecule has 0 aromatic heterocycles. The SMILES string of the molecule is CC(=O)Nc1ccc(C(=O)COC(=O)c2cccc(F)c2)c(F)c1. The second-order valence-corrected chi connectivity index (χ2v) is 4.89. The van der Waals surface area contributed by atoms with Gasteiger partial charge in [-0.2, -0.15) is 0 Å². The molecule has 0 bridgehead atoms. The lowest BCUT2D eigenvalue weighted by Crippen LogP contribution is -2.16. The van der Waals surface area contributed by atoms with Crippen LogP contribution in [0, 0.1) is 11.6 Å². The number of anilines is 1. The molecular formula is C17H13F2NO4. The van der Waals surface area contributed by atoms with E-state index in [2.05, 4.69) is 5.32 Å². The Labute approximate surface area is 136 Å². The van der Waals surface area contributed by atoms with E-state index >= 15 is 0 Å². The summed E-state index contributed by atoms with van der Waals surface area (Å²) in [6.45, 7) is 0.578. The molecule has 0 aliphatic carbocycles. The first-order chi connectivity index (χ1) is 11.4. The Morgan fingerprint density at radius 2 is 1.83 bits per heavy atom. The molecule has 0 aliphatic heterocycles. The zero-order valence-corrected chi connectivity index (χ0v) is 12.6. The number of esters is 1. The highest BCUT2D eigenvalue weighted by molar-refractivity contribution is 6.00. The van der Waals surface area contributed by atoms with Crippen LogP contribution in [0.4, 0.5) is 14.5 Å². The van der Waals surface area contributed by atoms with Gasteiger partial charge in [-0.15, -0.1) is 0 Å². The molecule has 7 heteroatoms. The van der Waals surface area contributed by atoms with E-state index in [1.54, 1.807) is 0 Å². The van der Waals surface area contributed by atoms with E-state index in [-0.39, 0.29) is 22.7 Å². The van der Waals surface area contributed by atoms with Gasteiger partial charge in [0.1, 0.15) is 11.6 Å². The summed E-state index contributed by atoms with van der Waals surface area (Å²) in [7, 11) is 0. The lowest BCUT2D eigenvalue weighted by atomic mass is 10.1. The summed E-state index contributed by atoms with van der Waals surface area (Å²) >= 11 is 0. The van der Waals surface area contributed by atoms with Gasteiger partial charge in [0, 0.05) is 12.6 Å². The summed E-state index contributed by atoms with van der Waals surface area (Å²) in [5.74, 6) is -3.49. The van der Waals surface area contributed by atoms with Crippen molar-refractivity contribution in [3.63, 3.8) is 0 Å². The van der Waals surface area contributed by atoms with Crippen LogP contribution in [0.15, 0.2) is 42.5 Å².